The van der Waals surface area contributed by atoms with Crippen LogP contribution >= 0.6 is 11.3 Å². The van der Waals surface area contributed by atoms with Gasteiger partial charge in [-0.05, 0) is 24.3 Å². The van der Waals surface area contributed by atoms with Crippen molar-refractivity contribution in [1.29, 1.82) is 0 Å². The van der Waals surface area contributed by atoms with Crippen LogP contribution in [0, 0.1) is 5.95 Å². The fourth-order valence-electron chi connectivity index (χ4n) is 1.91. The second-order valence-electron chi connectivity index (χ2n) is 3.82. The number of fused-ring (bicyclic) bond motifs is 3. The van der Waals surface area contributed by atoms with E-state index in [0.717, 1.165) is 16.2 Å². The van der Waals surface area contributed by atoms with Crippen molar-refractivity contribution < 1.29 is 8.81 Å². The Morgan fingerprint density at radius 3 is 3.00 bits per heavy atom. The second-order valence-corrected chi connectivity index (χ2v) is 4.77. The fraction of sp³-hybridized carbons (Fsp3) is 0. The van der Waals surface area contributed by atoms with Crippen LogP contribution in [-0.4, -0.2) is 14.4 Å². The van der Waals surface area contributed by atoms with Crippen molar-refractivity contribution in [3.63, 3.8) is 0 Å². The van der Waals surface area contributed by atoms with Crippen LogP contribution < -0.4 is 0 Å². The number of nitrogens with zero attached hydrogens (tertiary/aromatic N) is 3. The Morgan fingerprint density at radius 2 is 2.17 bits per heavy atom. The first-order valence-corrected chi connectivity index (χ1v) is 6.11. The lowest BCUT2D eigenvalue weighted by Gasteiger charge is -1.90. The molecule has 6 heteroatoms. The average Bonchev–Trinajstić information content (AvgIpc) is 3.01. The molecule has 0 amide bonds. The van der Waals surface area contributed by atoms with Crippen LogP contribution in [0.4, 0.5) is 4.39 Å². The number of imidazole rings is 1. The summed E-state index contributed by atoms with van der Waals surface area (Å²) in [6.45, 7) is 0. The van der Waals surface area contributed by atoms with Crippen molar-refractivity contribution in [2.45, 2.75) is 0 Å². The Morgan fingerprint density at radius 1 is 1.22 bits per heavy atom. The third kappa shape index (κ3) is 1.29. The predicted molar refractivity (Wildman–Crippen MR) is 66.0 cm³/mol. The standard InChI is InChI=1S/C12H6FN3OS/c13-10-4-3-8-11(15-10)18-12-14-7(6-16(8)12)9-2-1-5-17-9/h1-6H. The highest BCUT2D eigenvalue weighted by atomic mass is 32.1. The summed E-state index contributed by atoms with van der Waals surface area (Å²) < 4.78 is 20.2. The molecule has 4 nitrogen and oxygen atoms in total. The first-order chi connectivity index (χ1) is 8.81. The number of pyridine rings is 1. The van der Waals surface area contributed by atoms with Crippen molar-refractivity contribution in [3.8, 4) is 11.5 Å². The fourth-order valence-corrected chi connectivity index (χ4v) is 2.88. The van der Waals surface area contributed by atoms with Gasteiger partial charge in [-0.1, -0.05) is 11.3 Å². The number of aromatic nitrogens is 3. The maximum atomic E-state index is 13.0. The van der Waals surface area contributed by atoms with Gasteiger partial charge >= 0.3 is 0 Å². The molecule has 0 aromatic carbocycles. The summed E-state index contributed by atoms with van der Waals surface area (Å²) >= 11 is 1.35. The van der Waals surface area contributed by atoms with Gasteiger partial charge in [0.1, 0.15) is 10.5 Å². The van der Waals surface area contributed by atoms with E-state index in [1.165, 1.54) is 17.4 Å². The Kier molecular flexibility index (Phi) is 1.84. The summed E-state index contributed by atoms with van der Waals surface area (Å²) in [5.74, 6) is 0.243. The van der Waals surface area contributed by atoms with E-state index in [1.54, 1.807) is 12.3 Å². The molecule has 0 aliphatic heterocycles. The number of hydrogen-bond acceptors (Lipinski definition) is 4. The zero-order chi connectivity index (χ0) is 12.1. The minimum atomic E-state index is -0.474. The van der Waals surface area contributed by atoms with E-state index in [-0.39, 0.29) is 0 Å². The monoisotopic (exact) mass is 259 g/mol. The minimum absolute atomic E-state index is 0.474. The van der Waals surface area contributed by atoms with Gasteiger partial charge < -0.3 is 4.42 Å². The van der Waals surface area contributed by atoms with Gasteiger partial charge in [0.05, 0.1) is 11.8 Å². The molecule has 4 aromatic heterocycles. The Bertz CT molecular complexity index is 847. The highest BCUT2D eigenvalue weighted by Gasteiger charge is 2.12. The normalized spacial score (nSPS) is 11.6. The molecule has 0 fully saturated rings. The largest absolute Gasteiger partial charge is 0.463 e. The van der Waals surface area contributed by atoms with E-state index in [9.17, 15) is 4.39 Å². The first kappa shape index (κ1) is 9.78. The maximum Gasteiger partial charge on any atom is 0.214 e. The quantitative estimate of drug-likeness (QED) is 0.492. The summed E-state index contributed by atoms with van der Waals surface area (Å²) in [6, 6.07) is 6.72. The highest BCUT2D eigenvalue weighted by molar-refractivity contribution is 7.23. The molecule has 0 aliphatic carbocycles. The molecule has 0 atom stereocenters. The molecule has 0 radical (unpaired) electrons. The molecule has 0 unspecified atom stereocenters. The number of furan rings is 1. The number of halogens is 1. The third-order valence-corrected chi connectivity index (χ3v) is 3.67. The zero-order valence-corrected chi connectivity index (χ0v) is 9.82. The van der Waals surface area contributed by atoms with Crippen molar-refractivity contribution >= 4 is 26.6 Å². The SMILES string of the molecule is Fc1ccc2c(n1)sc1nc(-c3ccco3)cn12. The maximum absolute atomic E-state index is 13.0. The molecular formula is C12H6FN3OS. The summed E-state index contributed by atoms with van der Waals surface area (Å²) in [4.78, 5) is 9.71. The molecule has 88 valence electrons. The molecule has 0 saturated heterocycles. The number of hydrogen-bond donors (Lipinski definition) is 0. The van der Waals surface area contributed by atoms with E-state index in [4.69, 9.17) is 4.42 Å². The van der Waals surface area contributed by atoms with Crippen LogP contribution in [0.15, 0.2) is 41.1 Å². The van der Waals surface area contributed by atoms with Crippen molar-refractivity contribution in [1.82, 2.24) is 14.4 Å². The predicted octanol–water partition coefficient (Wildman–Crippen LogP) is 3.34. The molecule has 4 heterocycles. The Balaban J connectivity index is 2.02. The van der Waals surface area contributed by atoms with Gasteiger partial charge in [-0.2, -0.15) is 4.39 Å². The van der Waals surface area contributed by atoms with Crippen molar-refractivity contribution in [2.75, 3.05) is 0 Å². The molecule has 4 rings (SSSR count). The average molecular weight is 259 g/mol. The van der Waals surface area contributed by atoms with E-state index in [1.807, 2.05) is 22.7 Å². The Hall–Kier alpha value is -2.21. The van der Waals surface area contributed by atoms with Crippen LogP contribution in [0.25, 0.3) is 26.8 Å². The van der Waals surface area contributed by atoms with Gasteiger partial charge in [0.15, 0.2) is 10.7 Å². The first-order valence-electron chi connectivity index (χ1n) is 5.29. The van der Waals surface area contributed by atoms with E-state index in [2.05, 4.69) is 9.97 Å². The zero-order valence-electron chi connectivity index (χ0n) is 9.00. The van der Waals surface area contributed by atoms with E-state index < -0.39 is 5.95 Å². The Labute approximate surface area is 104 Å². The van der Waals surface area contributed by atoms with Crippen LogP contribution in [0.3, 0.4) is 0 Å². The van der Waals surface area contributed by atoms with Crippen LogP contribution in [-0.2, 0) is 0 Å². The minimum Gasteiger partial charge on any atom is -0.463 e. The molecule has 4 aromatic rings. The highest BCUT2D eigenvalue weighted by Crippen LogP contribution is 2.28. The summed E-state index contributed by atoms with van der Waals surface area (Å²) in [5.41, 5.74) is 1.61. The molecule has 18 heavy (non-hydrogen) atoms. The molecule has 0 saturated carbocycles. The van der Waals surface area contributed by atoms with Crippen molar-refractivity contribution in [3.05, 3.63) is 42.7 Å². The van der Waals surface area contributed by atoms with Gasteiger partial charge in [0.2, 0.25) is 5.95 Å². The lowest BCUT2D eigenvalue weighted by atomic mass is 10.3. The summed E-state index contributed by atoms with van der Waals surface area (Å²) in [7, 11) is 0. The molecule has 0 aliphatic rings. The molecule has 0 bridgehead atoms. The van der Waals surface area contributed by atoms with Gasteiger partial charge in [-0.15, -0.1) is 0 Å². The summed E-state index contributed by atoms with van der Waals surface area (Å²) in [5, 5.41) is 0. The van der Waals surface area contributed by atoms with Gasteiger partial charge in [-0.3, -0.25) is 4.40 Å². The number of thiazole rings is 1. The smallest absolute Gasteiger partial charge is 0.214 e. The molecular weight excluding hydrogens is 253 g/mol. The summed E-state index contributed by atoms with van der Waals surface area (Å²) in [6.07, 6.45) is 3.48. The van der Waals surface area contributed by atoms with Gasteiger partial charge in [0, 0.05) is 6.20 Å². The number of rotatable bonds is 1. The van der Waals surface area contributed by atoms with E-state index in [0.29, 0.717) is 10.6 Å². The molecule has 0 N–H and O–H groups in total. The van der Waals surface area contributed by atoms with Crippen molar-refractivity contribution in [2.24, 2.45) is 0 Å². The second kappa shape index (κ2) is 3.39. The van der Waals surface area contributed by atoms with Gasteiger partial charge in [-0.25, -0.2) is 9.97 Å². The van der Waals surface area contributed by atoms with E-state index >= 15 is 0 Å². The third-order valence-electron chi connectivity index (χ3n) is 2.70. The topological polar surface area (TPSA) is 43.3 Å². The van der Waals surface area contributed by atoms with Gasteiger partial charge in [0.25, 0.3) is 0 Å². The molecule has 0 spiro atoms. The van der Waals surface area contributed by atoms with Crippen LogP contribution in [0.5, 0.6) is 0 Å². The lowest BCUT2D eigenvalue weighted by Crippen LogP contribution is -1.82. The van der Waals surface area contributed by atoms with Crippen LogP contribution in [0.1, 0.15) is 0 Å². The van der Waals surface area contributed by atoms with Crippen LogP contribution in [0.2, 0.25) is 0 Å². The lowest BCUT2D eigenvalue weighted by molar-refractivity contribution is 0.580.